The Kier molecular flexibility index (Phi) is 5.42. The number of hydrogen-bond acceptors (Lipinski definition) is 3. The van der Waals surface area contributed by atoms with Crippen molar-refractivity contribution < 1.29 is 18.0 Å². The largest absolute Gasteiger partial charge is 0.744 e. The summed E-state index contributed by atoms with van der Waals surface area (Å²) in [5.74, 6) is 0. The van der Waals surface area contributed by atoms with E-state index >= 15 is 0 Å². The first-order chi connectivity index (χ1) is 9.20. The monoisotopic (exact) mass is 293 g/mol. The number of nitrogens with one attached hydrogen (secondary N) is 1. The summed E-state index contributed by atoms with van der Waals surface area (Å²) in [6.07, 6.45) is 2.03. The van der Waals surface area contributed by atoms with Crippen LogP contribution in [0, 0.1) is 27.7 Å². The summed E-state index contributed by atoms with van der Waals surface area (Å²) < 4.78 is 31.2. The van der Waals surface area contributed by atoms with E-state index in [1.165, 1.54) is 29.0 Å². The van der Waals surface area contributed by atoms with Gasteiger partial charge in [0.2, 0.25) is 0 Å². The first-order valence-corrected chi connectivity index (χ1v) is 7.59. The maximum Gasteiger partial charge on any atom is 0.176 e. The van der Waals surface area contributed by atoms with Crippen LogP contribution in [-0.2, 0) is 10.1 Å². The molecule has 5 heteroatoms. The number of hydrogen-bond donors (Lipinski definition) is 0. The minimum atomic E-state index is -4.27. The number of aryl methyl sites for hydroxylation is 4. The normalized spacial score (nSPS) is 10.7. The summed E-state index contributed by atoms with van der Waals surface area (Å²) in [5.41, 5.74) is 4.82. The Morgan fingerprint density at radius 3 is 1.90 bits per heavy atom. The number of benzene rings is 1. The van der Waals surface area contributed by atoms with Crippen molar-refractivity contribution in [2.24, 2.45) is 0 Å². The Morgan fingerprint density at radius 1 is 0.950 bits per heavy atom. The van der Waals surface area contributed by atoms with Crippen molar-refractivity contribution >= 4 is 10.1 Å². The SMILES string of the molecule is Cc1cc(C)c(C)c[nH+]1.Cc1ccc(S(=O)(=O)[O-])cc1. The summed E-state index contributed by atoms with van der Waals surface area (Å²) >= 11 is 0. The maximum atomic E-state index is 10.4. The molecule has 1 N–H and O–H groups in total. The van der Waals surface area contributed by atoms with Gasteiger partial charge in [0.25, 0.3) is 0 Å². The van der Waals surface area contributed by atoms with Crippen molar-refractivity contribution in [3.05, 3.63) is 58.9 Å². The molecule has 0 saturated heterocycles. The molecular weight excluding hydrogens is 274 g/mol. The van der Waals surface area contributed by atoms with Gasteiger partial charge in [-0.2, -0.15) is 0 Å². The van der Waals surface area contributed by atoms with Gasteiger partial charge in [0.15, 0.2) is 11.9 Å². The minimum Gasteiger partial charge on any atom is -0.744 e. The highest BCUT2D eigenvalue weighted by molar-refractivity contribution is 7.85. The fourth-order valence-corrected chi connectivity index (χ4v) is 1.99. The van der Waals surface area contributed by atoms with Crippen LogP contribution in [-0.4, -0.2) is 13.0 Å². The van der Waals surface area contributed by atoms with Crippen LogP contribution in [0.5, 0.6) is 0 Å². The third-order valence-corrected chi connectivity index (χ3v) is 3.73. The van der Waals surface area contributed by atoms with Gasteiger partial charge in [-0.25, -0.2) is 13.4 Å². The zero-order chi connectivity index (χ0) is 15.3. The molecule has 2 aromatic rings. The van der Waals surface area contributed by atoms with Gasteiger partial charge in [-0.3, -0.25) is 0 Å². The number of H-pyrrole nitrogens is 1. The molecule has 0 unspecified atom stereocenters. The lowest BCUT2D eigenvalue weighted by molar-refractivity contribution is -0.388. The summed E-state index contributed by atoms with van der Waals surface area (Å²) in [6, 6.07) is 7.93. The average Bonchev–Trinajstić information content (AvgIpc) is 2.34. The molecule has 0 amide bonds. The van der Waals surface area contributed by atoms with Gasteiger partial charge in [-0.15, -0.1) is 0 Å². The quantitative estimate of drug-likeness (QED) is 0.758. The molecule has 1 aromatic heterocycles. The third-order valence-electron chi connectivity index (χ3n) is 2.88. The molecule has 0 aliphatic rings. The van der Waals surface area contributed by atoms with Crippen LogP contribution >= 0.6 is 0 Å². The first-order valence-electron chi connectivity index (χ1n) is 6.18. The highest BCUT2D eigenvalue weighted by Gasteiger charge is 1.98. The van der Waals surface area contributed by atoms with Crippen molar-refractivity contribution in [2.75, 3.05) is 0 Å². The van der Waals surface area contributed by atoms with Gasteiger partial charge < -0.3 is 4.55 Å². The lowest BCUT2D eigenvalue weighted by atomic mass is 10.2. The Morgan fingerprint density at radius 2 is 1.50 bits per heavy atom. The molecule has 20 heavy (non-hydrogen) atoms. The number of pyridine rings is 1. The molecule has 108 valence electrons. The predicted molar refractivity (Wildman–Crippen MR) is 76.4 cm³/mol. The molecule has 0 aliphatic heterocycles. The molecule has 2 rings (SSSR count). The summed E-state index contributed by atoms with van der Waals surface area (Å²) in [7, 11) is -4.27. The number of rotatable bonds is 1. The molecule has 0 spiro atoms. The van der Waals surface area contributed by atoms with Crippen LogP contribution in [0.25, 0.3) is 0 Å². The van der Waals surface area contributed by atoms with Crippen molar-refractivity contribution in [2.45, 2.75) is 32.6 Å². The topological polar surface area (TPSA) is 71.3 Å². The Balaban J connectivity index is 0.000000204. The van der Waals surface area contributed by atoms with E-state index in [0.717, 1.165) is 5.56 Å². The molecule has 4 nitrogen and oxygen atoms in total. The molecule has 0 radical (unpaired) electrons. The van der Waals surface area contributed by atoms with Crippen molar-refractivity contribution in [3.8, 4) is 0 Å². The average molecular weight is 293 g/mol. The van der Waals surface area contributed by atoms with E-state index < -0.39 is 10.1 Å². The van der Waals surface area contributed by atoms with E-state index in [0.29, 0.717) is 0 Å². The molecule has 0 aliphatic carbocycles. The molecular formula is C15H19NO3S. The second-order valence-corrected chi connectivity index (χ2v) is 6.13. The van der Waals surface area contributed by atoms with E-state index in [2.05, 4.69) is 31.8 Å². The highest BCUT2D eigenvalue weighted by atomic mass is 32.2. The molecule has 0 fully saturated rings. The van der Waals surface area contributed by atoms with Crippen molar-refractivity contribution in [1.29, 1.82) is 0 Å². The van der Waals surface area contributed by atoms with Gasteiger partial charge >= 0.3 is 0 Å². The molecule has 1 aromatic carbocycles. The summed E-state index contributed by atoms with van der Waals surface area (Å²) in [5, 5.41) is 0. The van der Waals surface area contributed by atoms with Crippen LogP contribution in [0.3, 0.4) is 0 Å². The van der Waals surface area contributed by atoms with Crippen LogP contribution in [0.2, 0.25) is 0 Å². The second-order valence-electron chi connectivity index (χ2n) is 4.75. The number of aromatic nitrogens is 1. The van der Waals surface area contributed by atoms with Gasteiger partial charge in [0.05, 0.1) is 4.90 Å². The van der Waals surface area contributed by atoms with Gasteiger partial charge in [0, 0.05) is 18.6 Å². The van der Waals surface area contributed by atoms with Crippen molar-refractivity contribution in [1.82, 2.24) is 0 Å². The Bertz CT molecular complexity index is 677. The fourth-order valence-electron chi connectivity index (χ4n) is 1.52. The van der Waals surface area contributed by atoms with Gasteiger partial charge in [-0.1, -0.05) is 17.7 Å². The lowest BCUT2D eigenvalue weighted by Gasteiger charge is -2.05. The van der Waals surface area contributed by atoms with Gasteiger partial charge in [-0.05, 0) is 38.5 Å². The predicted octanol–water partition coefficient (Wildman–Crippen LogP) is 2.33. The fraction of sp³-hybridized carbons (Fsp3) is 0.267. The zero-order valence-corrected chi connectivity index (χ0v) is 12.9. The standard InChI is InChI=1S/C8H11N.C7H8O3S/c1-6-4-8(3)9-5-7(6)2;1-6-2-4-7(5-3-6)11(8,9)10/h4-5H,1-3H3;2-5H,1H3,(H,8,9,10). The smallest absolute Gasteiger partial charge is 0.176 e. The summed E-state index contributed by atoms with van der Waals surface area (Å²) in [4.78, 5) is 2.96. The van der Waals surface area contributed by atoms with Gasteiger partial charge in [0.1, 0.15) is 10.1 Å². The van der Waals surface area contributed by atoms with Crippen LogP contribution in [0.15, 0.2) is 41.4 Å². The second kappa shape index (κ2) is 6.63. The van der Waals surface area contributed by atoms with Crippen LogP contribution < -0.4 is 4.98 Å². The summed E-state index contributed by atoms with van der Waals surface area (Å²) in [6.45, 7) is 8.11. The third kappa shape index (κ3) is 5.11. The first kappa shape index (κ1) is 16.3. The van der Waals surface area contributed by atoms with Crippen molar-refractivity contribution in [3.63, 3.8) is 0 Å². The van der Waals surface area contributed by atoms with E-state index in [-0.39, 0.29) is 4.90 Å². The zero-order valence-electron chi connectivity index (χ0n) is 12.1. The van der Waals surface area contributed by atoms with Crippen LogP contribution in [0.1, 0.15) is 22.4 Å². The van der Waals surface area contributed by atoms with Crippen LogP contribution in [0.4, 0.5) is 0 Å². The van der Waals surface area contributed by atoms with E-state index in [4.69, 9.17) is 0 Å². The maximum absolute atomic E-state index is 10.4. The molecule has 1 heterocycles. The Labute approximate surface area is 120 Å². The number of aromatic amines is 1. The molecule has 0 saturated carbocycles. The Hall–Kier alpha value is -1.72. The van der Waals surface area contributed by atoms with E-state index in [9.17, 15) is 13.0 Å². The molecule has 0 bridgehead atoms. The highest BCUT2D eigenvalue weighted by Crippen LogP contribution is 2.08. The van der Waals surface area contributed by atoms with E-state index in [1.807, 2.05) is 13.1 Å². The van der Waals surface area contributed by atoms with E-state index in [1.54, 1.807) is 12.1 Å². The lowest BCUT2D eigenvalue weighted by Crippen LogP contribution is -2.07. The molecule has 0 atom stereocenters. The minimum absolute atomic E-state index is 0.178.